The van der Waals surface area contributed by atoms with Gasteiger partial charge in [0.05, 0.1) is 6.20 Å². The van der Waals surface area contributed by atoms with E-state index in [9.17, 15) is 4.79 Å². The van der Waals surface area contributed by atoms with Crippen LogP contribution in [0.15, 0.2) is 36.8 Å². The van der Waals surface area contributed by atoms with Crippen molar-refractivity contribution in [3.05, 3.63) is 48.0 Å². The third-order valence-corrected chi connectivity index (χ3v) is 2.99. The molecule has 1 aliphatic rings. The van der Waals surface area contributed by atoms with Crippen LogP contribution < -0.4 is 0 Å². The van der Waals surface area contributed by atoms with Crippen LogP contribution in [0.25, 0.3) is 22.4 Å². The highest BCUT2D eigenvalue weighted by Crippen LogP contribution is 2.34. The van der Waals surface area contributed by atoms with Gasteiger partial charge in [0.1, 0.15) is 23.2 Å². The smallest absolute Gasteiger partial charge is 0.214 e. The van der Waals surface area contributed by atoms with E-state index in [1.807, 2.05) is 18.2 Å². The molecule has 0 bridgehead atoms. The van der Waals surface area contributed by atoms with Gasteiger partial charge in [-0.1, -0.05) is 24.3 Å². The molecule has 0 fully saturated rings. The van der Waals surface area contributed by atoms with Gasteiger partial charge < -0.3 is 0 Å². The number of ketones is 1. The summed E-state index contributed by atoms with van der Waals surface area (Å²) in [6.07, 6.45) is 3.00. The van der Waals surface area contributed by atoms with Gasteiger partial charge in [0.2, 0.25) is 5.78 Å². The van der Waals surface area contributed by atoms with Gasteiger partial charge >= 0.3 is 0 Å². The van der Waals surface area contributed by atoms with Crippen LogP contribution in [-0.2, 0) is 0 Å². The molecule has 0 N–H and O–H groups in total. The highest BCUT2D eigenvalue weighted by Gasteiger charge is 2.29. The summed E-state index contributed by atoms with van der Waals surface area (Å²) in [4.78, 5) is 28.8. The van der Waals surface area contributed by atoms with Crippen LogP contribution in [0.3, 0.4) is 0 Å². The number of aromatic nitrogens is 4. The normalized spacial score (nSPS) is 12.6. The Hall–Kier alpha value is -2.69. The molecule has 1 aromatic carbocycles. The van der Waals surface area contributed by atoms with E-state index >= 15 is 0 Å². The lowest BCUT2D eigenvalue weighted by Gasteiger charge is -1.99. The van der Waals surface area contributed by atoms with Crippen LogP contribution in [0.4, 0.5) is 0 Å². The van der Waals surface area contributed by atoms with E-state index in [0.29, 0.717) is 28.1 Å². The summed E-state index contributed by atoms with van der Waals surface area (Å²) in [6, 6.07) is 7.39. The number of carbonyl (C=O) groups is 1. The summed E-state index contributed by atoms with van der Waals surface area (Å²) in [7, 11) is 0. The first-order chi connectivity index (χ1) is 8.84. The van der Waals surface area contributed by atoms with Crippen LogP contribution in [0, 0.1) is 0 Å². The lowest BCUT2D eigenvalue weighted by atomic mass is 10.1. The molecule has 18 heavy (non-hydrogen) atoms. The SMILES string of the molecule is O=C1c2ccccc2-c2nc3cncnc3nc21. The maximum absolute atomic E-state index is 12.2. The van der Waals surface area contributed by atoms with Crippen LogP contribution in [0.5, 0.6) is 0 Å². The summed E-state index contributed by atoms with van der Waals surface area (Å²) in [5.74, 6) is -0.0892. The second-order valence-corrected chi connectivity index (χ2v) is 4.03. The van der Waals surface area contributed by atoms with Gasteiger partial charge in [-0.05, 0) is 0 Å². The zero-order valence-corrected chi connectivity index (χ0v) is 9.16. The monoisotopic (exact) mass is 234 g/mol. The average molecular weight is 234 g/mol. The summed E-state index contributed by atoms with van der Waals surface area (Å²) in [5.41, 5.74) is 3.53. The van der Waals surface area contributed by atoms with Crippen LogP contribution in [0.1, 0.15) is 16.1 Å². The van der Waals surface area contributed by atoms with Crippen molar-refractivity contribution in [2.45, 2.75) is 0 Å². The number of benzene rings is 1. The Morgan fingerprint density at radius 3 is 2.67 bits per heavy atom. The maximum atomic E-state index is 12.2. The summed E-state index contributed by atoms with van der Waals surface area (Å²) < 4.78 is 0. The molecule has 1 aliphatic carbocycles. The topological polar surface area (TPSA) is 68.6 Å². The van der Waals surface area contributed by atoms with E-state index in [2.05, 4.69) is 19.9 Å². The number of fused-ring (bicyclic) bond motifs is 4. The number of carbonyl (C=O) groups excluding carboxylic acids is 1. The molecule has 0 spiro atoms. The molecule has 0 aliphatic heterocycles. The van der Waals surface area contributed by atoms with Crippen molar-refractivity contribution in [3.63, 3.8) is 0 Å². The predicted molar refractivity (Wildman–Crippen MR) is 64.0 cm³/mol. The molecule has 0 unspecified atom stereocenters. The van der Waals surface area contributed by atoms with Gasteiger partial charge in [-0.25, -0.2) is 19.9 Å². The fraction of sp³-hybridized carbons (Fsp3) is 0. The molecule has 2 heterocycles. The Morgan fingerprint density at radius 1 is 0.944 bits per heavy atom. The quantitative estimate of drug-likeness (QED) is 0.462. The first kappa shape index (κ1) is 9.35. The molecule has 0 saturated carbocycles. The lowest BCUT2D eigenvalue weighted by Crippen LogP contribution is -2.01. The fourth-order valence-corrected chi connectivity index (χ4v) is 2.17. The molecular formula is C13H6N4O. The first-order valence-electron chi connectivity index (χ1n) is 5.46. The Balaban J connectivity index is 2.14. The molecule has 0 amide bonds. The van der Waals surface area contributed by atoms with Crippen molar-refractivity contribution in [1.29, 1.82) is 0 Å². The van der Waals surface area contributed by atoms with Gasteiger partial charge in [-0.2, -0.15) is 0 Å². The Bertz CT molecular complexity index is 813. The molecule has 3 aromatic rings. The average Bonchev–Trinajstić information content (AvgIpc) is 2.71. The van der Waals surface area contributed by atoms with E-state index in [1.54, 1.807) is 12.3 Å². The molecular weight excluding hydrogens is 228 g/mol. The van der Waals surface area contributed by atoms with Gasteiger partial charge in [0.15, 0.2) is 5.65 Å². The van der Waals surface area contributed by atoms with E-state index in [4.69, 9.17) is 0 Å². The molecule has 0 atom stereocenters. The second-order valence-electron chi connectivity index (χ2n) is 4.03. The molecule has 0 saturated heterocycles. The summed E-state index contributed by atoms with van der Waals surface area (Å²) >= 11 is 0. The molecule has 84 valence electrons. The van der Waals surface area contributed by atoms with Gasteiger partial charge in [-0.15, -0.1) is 0 Å². The fourth-order valence-electron chi connectivity index (χ4n) is 2.17. The second kappa shape index (κ2) is 3.16. The molecule has 0 radical (unpaired) electrons. The van der Waals surface area contributed by atoms with E-state index < -0.39 is 0 Å². The van der Waals surface area contributed by atoms with Crippen molar-refractivity contribution < 1.29 is 4.79 Å². The Kier molecular flexibility index (Phi) is 1.64. The molecule has 5 heteroatoms. The predicted octanol–water partition coefficient (Wildman–Crippen LogP) is 1.63. The minimum absolute atomic E-state index is 0.0892. The van der Waals surface area contributed by atoms with Crippen LogP contribution >= 0.6 is 0 Å². The largest absolute Gasteiger partial charge is 0.287 e. The van der Waals surface area contributed by atoms with Gasteiger partial charge in [-0.3, -0.25) is 4.79 Å². The third kappa shape index (κ3) is 1.08. The van der Waals surface area contributed by atoms with Crippen molar-refractivity contribution in [3.8, 4) is 11.3 Å². The minimum Gasteiger partial charge on any atom is -0.287 e. The maximum Gasteiger partial charge on any atom is 0.214 e. The van der Waals surface area contributed by atoms with Crippen molar-refractivity contribution in [2.75, 3.05) is 0 Å². The van der Waals surface area contributed by atoms with Crippen LogP contribution in [-0.4, -0.2) is 25.7 Å². The van der Waals surface area contributed by atoms with E-state index in [0.717, 1.165) is 5.56 Å². The number of hydrogen-bond donors (Lipinski definition) is 0. The third-order valence-electron chi connectivity index (χ3n) is 2.99. The Labute approximate surface area is 102 Å². The van der Waals surface area contributed by atoms with Crippen molar-refractivity contribution in [2.24, 2.45) is 0 Å². The zero-order valence-electron chi connectivity index (χ0n) is 9.16. The summed E-state index contributed by atoms with van der Waals surface area (Å²) in [6.45, 7) is 0. The van der Waals surface area contributed by atoms with E-state index in [-0.39, 0.29) is 5.78 Å². The Morgan fingerprint density at radius 2 is 1.78 bits per heavy atom. The highest BCUT2D eigenvalue weighted by molar-refractivity contribution is 6.20. The summed E-state index contributed by atoms with van der Waals surface area (Å²) in [5, 5.41) is 0. The standard InChI is InChI=1S/C13H6N4O/c18-12-8-4-2-1-3-7(8)10-11(12)17-13-9(16-10)5-14-6-15-13/h1-6H. The van der Waals surface area contributed by atoms with Gasteiger partial charge in [0.25, 0.3) is 0 Å². The van der Waals surface area contributed by atoms with Crippen molar-refractivity contribution >= 4 is 16.9 Å². The molecule has 5 nitrogen and oxygen atoms in total. The van der Waals surface area contributed by atoms with E-state index in [1.165, 1.54) is 6.33 Å². The molecule has 4 rings (SSSR count). The van der Waals surface area contributed by atoms with Crippen molar-refractivity contribution in [1.82, 2.24) is 19.9 Å². The molecule has 2 aromatic heterocycles. The highest BCUT2D eigenvalue weighted by atomic mass is 16.1. The zero-order chi connectivity index (χ0) is 12.1. The number of rotatable bonds is 0. The minimum atomic E-state index is -0.0892. The number of hydrogen-bond acceptors (Lipinski definition) is 5. The van der Waals surface area contributed by atoms with Gasteiger partial charge in [0, 0.05) is 11.1 Å². The lowest BCUT2D eigenvalue weighted by molar-refractivity contribution is 0.103. The number of nitrogens with zero attached hydrogens (tertiary/aromatic N) is 4. The first-order valence-corrected chi connectivity index (χ1v) is 5.46. The van der Waals surface area contributed by atoms with Crippen LogP contribution in [0.2, 0.25) is 0 Å².